The summed E-state index contributed by atoms with van der Waals surface area (Å²) in [5.74, 6) is 0.790. The second-order valence-corrected chi connectivity index (χ2v) is 6.51. The Bertz CT molecular complexity index is 662. The number of rotatable bonds is 4. The SMILES string of the molecule is NC(=O)c1sc2nccc(OCC3CCCCC3)c2c1N. The summed E-state index contributed by atoms with van der Waals surface area (Å²) < 4.78 is 5.97. The van der Waals surface area contributed by atoms with Crippen LogP contribution in [0.15, 0.2) is 12.3 Å². The van der Waals surface area contributed by atoms with Gasteiger partial charge >= 0.3 is 0 Å². The number of carbonyl (C=O) groups excluding carboxylic acids is 1. The Labute approximate surface area is 127 Å². The lowest BCUT2D eigenvalue weighted by Gasteiger charge is -2.21. The average molecular weight is 305 g/mol. The van der Waals surface area contributed by atoms with Gasteiger partial charge in [0, 0.05) is 6.20 Å². The van der Waals surface area contributed by atoms with Gasteiger partial charge in [0.1, 0.15) is 15.5 Å². The summed E-state index contributed by atoms with van der Waals surface area (Å²) in [6.07, 6.45) is 8.02. The number of pyridine rings is 1. The van der Waals surface area contributed by atoms with E-state index in [4.69, 9.17) is 16.2 Å². The van der Waals surface area contributed by atoms with E-state index >= 15 is 0 Å². The summed E-state index contributed by atoms with van der Waals surface area (Å²) in [6, 6.07) is 1.80. The maximum absolute atomic E-state index is 11.4. The molecule has 6 heteroatoms. The molecule has 1 aliphatic rings. The molecule has 0 aliphatic heterocycles. The fourth-order valence-corrected chi connectivity index (χ4v) is 3.81. The summed E-state index contributed by atoms with van der Waals surface area (Å²) >= 11 is 1.22. The number of hydrogen-bond donors (Lipinski definition) is 2. The number of nitrogens with two attached hydrogens (primary N) is 2. The normalized spacial score (nSPS) is 16.2. The number of anilines is 1. The molecule has 1 fully saturated rings. The number of amides is 1. The highest BCUT2D eigenvalue weighted by atomic mass is 32.1. The molecule has 0 unspecified atom stereocenters. The molecule has 4 N–H and O–H groups in total. The zero-order valence-corrected chi connectivity index (χ0v) is 12.6. The van der Waals surface area contributed by atoms with E-state index in [1.165, 1.54) is 43.4 Å². The quantitative estimate of drug-likeness (QED) is 0.908. The Balaban J connectivity index is 1.86. The third-order valence-corrected chi connectivity index (χ3v) is 5.14. The first-order valence-corrected chi connectivity index (χ1v) is 8.08. The molecule has 5 nitrogen and oxygen atoms in total. The lowest BCUT2D eigenvalue weighted by molar-refractivity contribution is 0.100. The number of nitrogens with zero attached hydrogens (tertiary/aromatic N) is 1. The highest BCUT2D eigenvalue weighted by molar-refractivity contribution is 7.21. The number of carbonyl (C=O) groups is 1. The van der Waals surface area contributed by atoms with Crippen LogP contribution in [0.5, 0.6) is 5.75 Å². The molecule has 2 aromatic rings. The number of thiophene rings is 1. The van der Waals surface area contributed by atoms with E-state index in [2.05, 4.69) is 4.98 Å². The molecular formula is C15H19N3O2S. The lowest BCUT2D eigenvalue weighted by Crippen LogP contribution is -2.15. The number of ether oxygens (including phenoxy) is 1. The van der Waals surface area contributed by atoms with Gasteiger partial charge in [-0.2, -0.15) is 0 Å². The first-order valence-electron chi connectivity index (χ1n) is 7.26. The molecule has 1 saturated carbocycles. The molecular weight excluding hydrogens is 286 g/mol. The predicted octanol–water partition coefficient (Wildman–Crippen LogP) is 2.94. The molecule has 0 radical (unpaired) electrons. The number of nitrogen functional groups attached to an aromatic ring is 1. The van der Waals surface area contributed by atoms with Crippen LogP contribution in [0, 0.1) is 5.92 Å². The summed E-state index contributed by atoms with van der Waals surface area (Å²) in [6.45, 7) is 0.695. The van der Waals surface area contributed by atoms with Crippen molar-refractivity contribution in [1.82, 2.24) is 4.98 Å². The fraction of sp³-hybridized carbons (Fsp3) is 0.467. The van der Waals surface area contributed by atoms with Gasteiger partial charge in [-0.25, -0.2) is 4.98 Å². The van der Waals surface area contributed by atoms with Crippen LogP contribution in [0.1, 0.15) is 41.8 Å². The molecule has 2 aromatic heterocycles. The van der Waals surface area contributed by atoms with Gasteiger partial charge in [-0.1, -0.05) is 19.3 Å². The van der Waals surface area contributed by atoms with Crippen LogP contribution in [-0.2, 0) is 0 Å². The molecule has 0 aromatic carbocycles. The molecule has 112 valence electrons. The van der Waals surface area contributed by atoms with Crippen molar-refractivity contribution < 1.29 is 9.53 Å². The molecule has 21 heavy (non-hydrogen) atoms. The van der Waals surface area contributed by atoms with Crippen molar-refractivity contribution in [3.8, 4) is 5.75 Å². The summed E-state index contributed by atoms with van der Waals surface area (Å²) in [5, 5.41) is 0.715. The van der Waals surface area contributed by atoms with Crippen molar-refractivity contribution in [3.63, 3.8) is 0 Å². The largest absolute Gasteiger partial charge is 0.492 e. The van der Waals surface area contributed by atoms with Crippen molar-refractivity contribution in [3.05, 3.63) is 17.1 Å². The van der Waals surface area contributed by atoms with E-state index in [1.807, 2.05) is 0 Å². The van der Waals surface area contributed by atoms with E-state index in [-0.39, 0.29) is 0 Å². The highest BCUT2D eigenvalue weighted by Crippen LogP contribution is 2.38. The second kappa shape index (κ2) is 5.89. The summed E-state index contributed by atoms with van der Waals surface area (Å²) in [7, 11) is 0. The minimum absolute atomic E-state index is 0.353. The van der Waals surface area contributed by atoms with Crippen LogP contribution in [0.4, 0.5) is 5.69 Å². The first-order chi connectivity index (χ1) is 10.2. The monoisotopic (exact) mass is 305 g/mol. The smallest absolute Gasteiger partial charge is 0.260 e. The Morgan fingerprint density at radius 1 is 1.38 bits per heavy atom. The van der Waals surface area contributed by atoms with Crippen molar-refractivity contribution in [2.75, 3.05) is 12.3 Å². The maximum atomic E-state index is 11.4. The molecule has 0 saturated heterocycles. The van der Waals surface area contributed by atoms with Gasteiger partial charge in [-0.3, -0.25) is 4.79 Å². The Morgan fingerprint density at radius 3 is 2.86 bits per heavy atom. The van der Waals surface area contributed by atoms with E-state index in [9.17, 15) is 4.79 Å². The minimum Gasteiger partial charge on any atom is -0.492 e. The number of hydrogen-bond acceptors (Lipinski definition) is 5. The van der Waals surface area contributed by atoms with Crippen molar-refractivity contribution in [2.45, 2.75) is 32.1 Å². The highest BCUT2D eigenvalue weighted by Gasteiger charge is 2.19. The van der Waals surface area contributed by atoms with Crippen LogP contribution >= 0.6 is 11.3 Å². The lowest BCUT2D eigenvalue weighted by atomic mass is 9.90. The summed E-state index contributed by atoms with van der Waals surface area (Å²) in [5.41, 5.74) is 11.8. The third-order valence-electron chi connectivity index (χ3n) is 4.01. The molecule has 1 aliphatic carbocycles. The Morgan fingerprint density at radius 2 is 2.14 bits per heavy atom. The van der Waals surface area contributed by atoms with Gasteiger partial charge in [0.05, 0.1) is 17.7 Å². The second-order valence-electron chi connectivity index (χ2n) is 5.51. The van der Waals surface area contributed by atoms with Gasteiger partial charge in [-0.15, -0.1) is 11.3 Å². The zero-order valence-electron chi connectivity index (χ0n) is 11.8. The standard InChI is InChI=1S/C15H19N3O2S/c16-12-11-10(20-8-9-4-2-1-3-5-9)6-7-18-15(11)21-13(12)14(17)19/h6-7,9H,1-5,8,16H2,(H2,17,19). The third kappa shape index (κ3) is 2.81. The topological polar surface area (TPSA) is 91.2 Å². The van der Waals surface area contributed by atoms with Crippen LogP contribution in [-0.4, -0.2) is 17.5 Å². The van der Waals surface area contributed by atoms with Crippen LogP contribution in [0.3, 0.4) is 0 Å². The molecule has 1 amide bonds. The van der Waals surface area contributed by atoms with Gasteiger partial charge in [0.25, 0.3) is 5.91 Å². The number of primary amides is 1. The van der Waals surface area contributed by atoms with E-state index in [0.29, 0.717) is 39.1 Å². The average Bonchev–Trinajstić information content (AvgIpc) is 2.84. The molecule has 2 heterocycles. The van der Waals surface area contributed by atoms with E-state index < -0.39 is 5.91 Å². The Hall–Kier alpha value is -1.82. The number of aromatic nitrogens is 1. The van der Waals surface area contributed by atoms with Crippen molar-refractivity contribution in [2.24, 2.45) is 11.7 Å². The predicted molar refractivity (Wildman–Crippen MR) is 84.6 cm³/mol. The molecule has 0 bridgehead atoms. The van der Waals surface area contributed by atoms with Crippen LogP contribution < -0.4 is 16.2 Å². The van der Waals surface area contributed by atoms with Crippen molar-refractivity contribution in [1.29, 1.82) is 0 Å². The fourth-order valence-electron chi connectivity index (χ4n) is 2.88. The minimum atomic E-state index is -0.520. The maximum Gasteiger partial charge on any atom is 0.260 e. The molecule has 0 atom stereocenters. The van der Waals surface area contributed by atoms with Crippen molar-refractivity contribution >= 4 is 33.1 Å². The zero-order chi connectivity index (χ0) is 14.8. The van der Waals surface area contributed by atoms with Gasteiger partial charge in [-0.05, 0) is 24.8 Å². The molecule has 3 rings (SSSR count). The summed E-state index contributed by atoms with van der Waals surface area (Å²) in [4.78, 5) is 16.7. The van der Waals surface area contributed by atoms with E-state index in [1.54, 1.807) is 12.3 Å². The molecule has 0 spiro atoms. The van der Waals surface area contributed by atoms with Crippen LogP contribution in [0.2, 0.25) is 0 Å². The van der Waals surface area contributed by atoms with Gasteiger partial charge in [0.15, 0.2) is 0 Å². The van der Waals surface area contributed by atoms with E-state index in [0.717, 1.165) is 0 Å². The Kier molecular flexibility index (Phi) is 3.96. The van der Waals surface area contributed by atoms with Gasteiger partial charge < -0.3 is 16.2 Å². The number of fused-ring (bicyclic) bond motifs is 1. The van der Waals surface area contributed by atoms with Gasteiger partial charge in [0.2, 0.25) is 0 Å². The van der Waals surface area contributed by atoms with Crippen LogP contribution in [0.25, 0.3) is 10.2 Å². The first kappa shape index (κ1) is 14.1.